The van der Waals surface area contributed by atoms with E-state index in [0.29, 0.717) is 12.0 Å². The highest BCUT2D eigenvalue weighted by Gasteiger charge is 2.22. The van der Waals surface area contributed by atoms with Crippen LogP contribution < -0.4 is 22.5 Å². The molecule has 0 amide bonds. The van der Waals surface area contributed by atoms with Crippen molar-refractivity contribution in [1.82, 2.24) is 14.9 Å². The summed E-state index contributed by atoms with van der Waals surface area (Å²) in [4.78, 5) is 15.6. The van der Waals surface area contributed by atoms with Gasteiger partial charge in [-0.15, -0.1) is 0 Å². The number of nitrogens with two attached hydrogens (primary N) is 2. The highest BCUT2D eigenvalue weighted by Crippen LogP contribution is 2.24. The Morgan fingerprint density at radius 3 is 2.67 bits per heavy atom. The molecule has 128 valence electrons. The van der Waals surface area contributed by atoms with Crippen LogP contribution in [0.15, 0.2) is 41.3 Å². The molecular weight excluding hydrogens is 302 g/mol. The molecule has 1 aliphatic carbocycles. The van der Waals surface area contributed by atoms with Crippen molar-refractivity contribution in [3.8, 4) is 5.69 Å². The molecule has 1 heterocycles. The molecular formula is C18H25N5O. The van der Waals surface area contributed by atoms with Gasteiger partial charge in [0.2, 0.25) is 0 Å². The molecule has 1 aromatic carbocycles. The molecule has 0 aliphatic heterocycles. The first-order valence-corrected chi connectivity index (χ1v) is 8.53. The number of nitrogens with one attached hydrogen (secondary N) is 1. The number of hydrogen-bond donors (Lipinski definition) is 3. The van der Waals surface area contributed by atoms with E-state index < -0.39 is 0 Å². The van der Waals surface area contributed by atoms with Crippen LogP contribution in [0.4, 0.5) is 5.82 Å². The van der Waals surface area contributed by atoms with E-state index in [1.165, 1.54) is 29.4 Å². The lowest BCUT2D eigenvalue weighted by Gasteiger charge is -2.13. The summed E-state index contributed by atoms with van der Waals surface area (Å²) in [5, 5.41) is 3.62. The summed E-state index contributed by atoms with van der Waals surface area (Å²) in [6.45, 7) is 1.77. The number of anilines is 1. The molecule has 1 fully saturated rings. The Balaban J connectivity index is 1.54. The summed E-state index contributed by atoms with van der Waals surface area (Å²) in [7, 11) is 0. The van der Waals surface area contributed by atoms with Crippen LogP contribution in [-0.2, 0) is 6.42 Å². The molecule has 5 N–H and O–H groups in total. The van der Waals surface area contributed by atoms with Crippen LogP contribution in [0.3, 0.4) is 0 Å². The number of benzene rings is 1. The minimum atomic E-state index is -0.361. The minimum Gasteiger partial charge on any atom is -0.383 e. The average molecular weight is 327 g/mol. The first-order chi connectivity index (χ1) is 11.7. The molecule has 0 saturated heterocycles. The van der Waals surface area contributed by atoms with Gasteiger partial charge in [0, 0.05) is 12.2 Å². The van der Waals surface area contributed by atoms with Gasteiger partial charge in [-0.1, -0.05) is 12.1 Å². The van der Waals surface area contributed by atoms with E-state index in [-0.39, 0.29) is 11.5 Å². The van der Waals surface area contributed by atoms with Crippen molar-refractivity contribution >= 4 is 5.82 Å². The number of aromatic nitrogens is 2. The Bertz CT molecular complexity index is 725. The molecule has 1 aromatic heterocycles. The summed E-state index contributed by atoms with van der Waals surface area (Å²) in [6, 6.07) is 10.2. The molecule has 0 bridgehead atoms. The van der Waals surface area contributed by atoms with Crippen LogP contribution in [0.5, 0.6) is 0 Å². The molecule has 1 aliphatic rings. The highest BCUT2D eigenvalue weighted by atomic mass is 16.1. The Hall–Kier alpha value is -2.18. The van der Waals surface area contributed by atoms with E-state index >= 15 is 0 Å². The second kappa shape index (κ2) is 7.59. The van der Waals surface area contributed by atoms with Crippen molar-refractivity contribution in [3.05, 3.63) is 52.6 Å². The zero-order chi connectivity index (χ0) is 16.9. The molecule has 6 heteroatoms. The van der Waals surface area contributed by atoms with Gasteiger partial charge in [-0.3, -0.25) is 4.57 Å². The second-order valence-corrected chi connectivity index (χ2v) is 6.49. The van der Waals surface area contributed by atoms with E-state index in [0.717, 1.165) is 25.2 Å². The van der Waals surface area contributed by atoms with Gasteiger partial charge in [0.1, 0.15) is 5.82 Å². The van der Waals surface area contributed by atoms with E-state index in [1.54, 1.807) is 12.3 Å². The van der Waals surface area contributed by atoms with Gasteiger partial charge in [0.15, 0.2) is 0 Å². The predicted molar refractivity (Wildman–Crippen MR) is 96.1 cm³/mol. The van der Waals surface area contributed by atoms with E-state index in [1.807, 2.05) is 12.1 Å². The third-order valence-corrected chi connectivity index (χ3v) is 4.76. The van der Waals surface area contributed by atoms with Gasteiger partial charge >= 0.3 is 5.69 Å². The number of nitrogens with zero attached hydrogens (tertiary/aromatic N) is 2. The molecule has 0 unspecified atom stereocenters. The summed E-state index contributed by atoms with van der Waals surface area (Å²) >= 11 is 0. The van der Waals surface area contributed by atoms with Crippen molar-refractivity contribution in [2.24, 2.45) is 11.7 Å². The lowest BCUT2D eigenvalue weighted by Crippen LogP contribution is -2.29. The van der Waals surface area contributed by atoms with Gasteiger partial charge in [0.05, 0.1) is 5.69 Å². The molecule has 0 spiro atoms. The Labute approximate surface area is 141 Å². The topological polar surface area (TPSA) is 99.0 Å². The van der Waals surface area contributed by atoms with Crippen molar-refractivity contribution < 1.29 is 0 Å². The monoisotopic (exact) mass is 327 g/mol. The van der Waals surface area contributed by atoms with Gasteiger partial charge in [0.25, 0.3) is 0 Å². The maximum absolute atomic E-state index is 11.8. The van der Waals surface area contributed by atoms with Gasteiger partial charge in [-0.2, -0.15) is 4.98 Å². The fraction of sp³-hybridized carbons (Fsp3) is 0.444. The van der Waals surface area contributed by atoms with E-state index in [9.17, 15) is 4.79 Å². The third kappa shape index (κ3) is 4.01. The van der Waals surface area contributed by atoms with Crippen molar-refractivity contribution in [2.45, 2.75) is 31.7 Å². The second-order valence-electron chi connectivity index (χ2n) is 6.49. The predicted octanol–water partition coefficient (Wildman–Crippen LogP) is 1.07. The van der Waals surface area contributed by atoms with Gasteiger partial charge in [-0.25, -0.2) is 4.79 Å². The molecule has 6 nitrogen and oxygen atoms in total. The number of nitrogen functional groups attached to an aromatic ring is 1. The van der Waals surface area contributed by atoms with E-state index in [2.05, 4.69) is 22.4 Å². The van der Waals surface area contributed by atoms with Crippen LogP contribution in [0.25, 0.3) is 5.69 Å². The minimum absolute atomic E-state index is 0.239. The van der Waals surface area contributed by atoms with Crippen LogP contribution in [0, 0.1) is 5.92 Å². The van der Waals surface area contributed by atoms with Crippen molar-refractivity contribution in [2.75, 3.05) is 18.8 Å². The van der Waals surface area contributed by atoms with Gasteiger partial charge < -0.3 is 16.8 Å². The Kier molecular flexibility index (Phi) is 5.27. The third-order valence-electron chi connectivity index (χ3n) is 4.76. The highest BCUT2D eigenvalue weighted by molar-refractivity contribution is 5.36. The normalized spacial score (nSPS) is 20.4. The first-order valence-electron chi connectivity index (χ1n) is 8.53. The zero-order valence-corrected chi connectivity index (χ0v) is 13.8. The smallest absolute Gasteiger partial charge is 0.354 e. The maximum Gasteiger partial charge on any atom is 0.354 e. The van der Waals surface area contributed by atoms with Crippen molar-refractivity contribution in [3.63, 3.8) is 0 Å². The van der Waals surface area contributed by atoms with Crippen LogP contribution >= 0.6 is 0 Å². The zero-order valence-electron chi connectivity index (χ0n) is 13.8. The molecule has 24 heavy (non-hydrogen) atoms. The lowest BCUT2D eigenvalue weighted by atomic mass is 10.1. The summed E-state index contributed by atoms with van der Waals surface area (Å²) in [5.74, 6) is 0.927. The number of hydrogen-bond acceptors (Lipinski definition) is 5. The lowest BCUT2D eigenvalue weighted by molar-refractivity contribution is 0.493. The Morgan fingerprint density at radius 1 is 1.21 bits per heavy atom. The molecule has 2 atom stereocenters. The SMILES string of the molecule is NC[C@H]1CC[C@@H](NCCc2ccc(-n3ccc(N)nc3=O)cc2)C1. The van der Waals surface area contributed by atoms with Crippen LogP contribution in [0.2, 0.25) is 0 Å². The average Bonchev–Trinajstić information content (AvgIpc) is 3.04. The van der Waals surface area contributed by atoms with Crippen LogP contribution in [0.1, 0.15) is 24.8 Å². The fourth-order valence-electron chi connectivity index (χ4n) is 3.33. The number of rotatable bonds is 6. The fourth-order valence-corrected chi connectivity index (χ4v) is 3.33. The van der Waals surface area contributed by atoms with Gasteiger partial charge in [-0.05, 0) is 68.5 Å². The van der Waals surface area contributed by atoms with E-state index in [4.69, 9.17) is 11.5 Å². The first kappa shape index (κ1) is 16.7. The largest absolute Gasteiger partial charge is 0.383 e. The standard InChI is InChI=1S/C18H25N5O/c19-12-14-1-4-15(11-14)21-9-7-13-2-5-16(6-3-13)23-10-8-17(20)22-18(23)24/h2-3,5-6,8,10,14-15,21H,1,4,7,9,11-12,19H2,(H2,20,22,24)/t14-,15+/m0/s1. The Morgan fingerprint density at radius 2 is 2.00 bits per heavy atom. The molecule has 0 radical (unpaired) electrons. The molecule has 2 aromatic rings. The quantitative estimate of drug-likeness (QED) is 0.737. The molecule has 3 rings (SSSR count). The summed E-state index contributed by atoms with van der Waals surface area (Å²) in [6.07, 6.45) is 6.29. The molecule has 1 saturated carbocycles. The van der Waals surface area contributed by atoms with Crippen LogP contribution in [-0.4, -0.2) is 28.7 Å². The van der Waals surface area contributed by atoms with Crippen molar-refractivity contribution in [1.29, 1.82) is 0 Å². The summed E-state index contributed by atoms with van der Waals surface area (Å²) in [5.41, 5.74) is 12.9. The maximum atomic E-state index is 11.8. The summed E-state index contributed by atoms with van der Waals surface area (Å²) < 4.78 is 1.49.